The van der Waals surface area contributed by atoms with E-state index in [2.05, 4.69) is 10.3 Å². The zero-order chi connectivity index (χ0) is 13.2. The van der Waals surface area contributed by atoms with Gasteiger partial charge in [0, 0.05) is 12.1 Å². The Labute approximate surface area is 113 Å². The summed E-state index contributed by atoms with van der Waals surface area (Å²) < 4.78 is 2.04. The maximum absolute atomic E-state index is 11.6. The van der Waals surface area contributed by atoms with Crippen LogP contribution >= 0.6 is 0 Å². The largest absolute Gasteiger partial charge is 0.480 e. The predicted octanol–water partition coefficient (Wildman–Crippen LogP) is 2.27. The van der Waals surface area contributed by atoms with Gasteiger partial charge in [-0.15, -0.1) is 0 Å². The quantitative estimate of drug-likeness (QED) is 0.855. The molecule has 0 radical (unpaired) electrons. The van der Waals surface area contributed by atoms with Gasteiger partial charge in [0.15, 0.2) is 0 Å². The third kappa shape index (κ3) is 2.81. The Morgan fingerprint density at radius 3 is 2.68 bits per heavy atom. The molecule has 2 N–H and O–H groups in total. The molecule has 0 aromatic carbocycles. The van der Waals surface area contributed by atoms with Crippen LogP contribution in [-0.4, -0.2) is 26.7 Å². The summed E-state index contributed by atoms with van der Waals surface area (Å²) in [5.41, 5.74) is 0.806. The minimum absolute atomic E-state index is 0.331. The molecule has 104 valence electrons. The first-order valence-electron chi connectivity index (χ1n) is 7.26. The molecule has 0 saturated heterocycles. The van der Waals surface area contributed by atoms with Gasteiger partial charge in [0.25, 0.3) is 0 Å². The molecule has 3 rings (SSSR count). The molecule has 1 heterocycles. The Hall–Kier alpha value is -1.36. The van der Waals surface area contributed by atoms with Crippen LogP contribution in [0.2, 0.25) is 0 Å². The fourth-order valence-electron chi connectivity index (χ4n) is 2.98. The fraction of sp³-hybridized carbons (Fsp3) is 0.714. The monoisotopic (exact) mass is 263 g/mol. The number of carboxylic acid groups (broad SMARTS) is 1. The summed E-state index contributed by atoms with van der Waals surface area (Å²) in [5.74, 6) is -0.798. The van der Waals surface area contributed by atoms with Crippen LogP contribution in [0.4, 0.5) is 0 Å². The van der Waals surface area contributed by atoms with Gasteiger partial charge in [-0.05, 0) is 25.7 Å². The SMILES string of the molecule is O=C(O)C(NC1CCCCC1)c1cncn1C1CC1. The van der Waals surface area contributed by atoms with Crippen molar-refractivity contribution >= 4 is 5.97 Å². The first-order valence-corrected chi connectivity index (χ1v) is 7.26. The number of carbonyl (C=O) groups is 1. The van der Waals surface area contributed by atoms with Gasteiger partial charge in [-0.1, -0.05) is 19.3 Å². The minimum Gasteiger partial charge on any atom is -0.480 e. The third-order valence-corrected chi connectivity index (χ3v) is 4.19. The topological polar surface area (TPSA) is 67.2 Å². The van der Waals surface area contributed by atoms with E-state index < -0.39 is 12.0 Å². The van der Waals surface area contributed by atoms with E-state index in [1.54, 1.807) is 12.5 Å². The lowest BCUT2D eigenvalue weighted by molar-refractivity contribution is -0.140. The van der Waals surface area contributed by atoms with E-state index in [1.165, 1.54) is 19.3 Å². The van der Waals surface area contributed by atoms with E-state index in [0.29, 0.717) is 12.1 Å². The van der Waals surface area contributed by atoms with Crippen LogP contribution in [0.15, 0.2) is 12.5 Å². The maximum atomic E-state index is 11.6. The van der Waals surface area contributed by atoms with Gasteiger partial charge < -0.3 is 9.67 Å². The number of nitrogens with zero attached hydrogens (tertiary/aromatic N) is 2. The zero-order valence-corrected chi connectivity index (χ0v) is 11.1. The molecule has 0 aliphatic heterocycles. The molecular weight excluding hydrogens is 242 g/mol. The van der Waals surface area contributed by atoms with Gasteiger partial charge in [-0.3, -0.25) is 10.1 Å². The Kier molecular flexibility index (Phi) is 3.55. The van der Waals surface area contributed by atoms with E-state index in [9.17, 15) is 9.90 Å². The van der Waals surface area contributed by atoms with Crippen molar-refractivity contribution in [1.82, 2.24) is 14.9 Å². The van der Waals surface area contributed by atoms with Crippen molar-refractivity contribution in [3.63, 3.8) is 0 Å². The number of nitrogens with one attached hydrogen (secondary N) is 1. The molecule has 1 aromatic rings. The van der Waals surface area contributed by atoms with Crippen molar-refractivity contribution in [3.05, 3.63) is 18.2 Å². The van der Waals surface area contributed by atoms with Gasteiger partial charge in [-0.25, -0.2) is 4.98 Å². The van der Waals surface area contributed by atoms with Gasteiger partial charge in [0.2, 0.25) is 0 Å². The molecule has 2 aliphatic carbocycles. The lowest BCUT2D eigenvalue weighted by atomic mass is 9.94. The summed E-state index contributed by atoms with van der Waals surface area (Å²) in [6.45, 7) is 0. The zero-order valence-electron chi connectivity index (χ0n) is 11.1. The van der Waals surface area contributed by atoms with Crippen LogP contribution in [-0.2, 0) is 4.79 Å². The highest BCUT2D eigenvalue weighted by Gasteiger charge is 2.32. The molecule has 0 bridgehead atoms. The Bertz CT molecular complexity index is 447. The maximum Gasteiger partial charge on any atom is 0.326 e. The summed E-state index contributed by atoms with van der Waals surface area (Å²) in [4.78, 5) is 15.7. The van der Waals surface area contributed by atoms with Crippen molar-refractivity contribution < 1.29 is 9.90 Å². The summed E-state index contributed by atoms with van der Waals surface area (Å²) >= 11 is 0. The molecule has 1 aromatic heterocycles. The van der Waals surface area contributed by atoms with E-state index in [0.717, 1.165) is 31.4 Å². The highest BCUT2D eigenvalue weighted by atomic mass is 16.4. The second-order valence-electron chi connectivity index (χ2n) is 5.73. The van der Waals surface area contributed by atoms with Crippen molar-refractivity contribution in [2.45, 2.75) is 63.1 Å². The molecule has 2 fully saturated rings. The third-order valence-electron chi connectivity index (χ3n) is 4.19. The van der Waals surface area contributed by atoms with E-state index in [-0.39, 0.29) is 0 Å². The summed E-state index contributed by atoms with van der Waals surface area (Å²) in [6.07, 6.45) is 11.6. The van der Waals surface area contributed by atoms with Crippen LogP contribution in [0.25, 0.3) is 0 Å². The van der Waals surface area contributed by atoms with Gasteiger partial charge in [0.05, 0.1) is 18.2 Å². The number of imidazole rings is 1. The normalized spacial score (nSPS) is 22.3. The summed E-state index contributed by atoms with van der Waals surface area (Å²) in [6, 6.07) is 0.177. The lowest BCUT2D eigenvalue weighted by Gasteiger charge is -2.27. The molecule has 19 heavy (non-hydrogen) atoms. The van der Waals surface area contributed by atoms with Gasteiger partial charge >= 0.3 is 5.97 Å². The first-order chi connectivity index (χ1) is 9.25. The second-order valence-corrected chi connectivity index (χ2v) is 5.73. The molecular formula is C14H21N3O2. The van der Waals surface area contributed by atoms with Gasteiger partial charge in [-0.2, -0.15) is 0 Å². The molecule has 2 aliphatic rings. The molecule has 5 heteroatoms. The van der Waals surface area contributed by atoms with Crippen LogP contribution in [0.1, 0.15) is 62.7 Å². The predicted molar refractivity (Wildman–Crippen MR) is 70.9 cm³/mol. The summed E-state index contributed by atoms with van der Waals surface area (Å²) in [7, 11) is 0. The highest BCUT2D eigenvalue weighted by Crippen LogP contribution is 2.37. The van der Waals surface area contributed by atoms with Crippen LogP contribution in [0, 0.1) is 0 Å². The molecule has 0 amide bonds. The highest BCUT2D eigenvalue weighted by molar-refractivity contribution is 5.75. The van der Waals surface area contributed by atoms with Crippen molar-refractivity contribution in [2.75, 3.05) is 0 Å². The number of aromatic nitrogens is 2. The lowest BCUT2D eigenvalue weighted by Crippen LogP contribution is -2.39. The van der Waals surface area contributed by atoms with Gasteiger partial charge in [0.1, 0.15) is 6.04 Å². The molecule has 5 nitrogen and oxygen atoms in total. The minimum atomic E-state index is -0.798. The molecule has 0 spiro atoms. The Morgan fingerprint density at radius 2 is 2.05 bits per heavy atom. The van der Waals surface area contributed by atoms with Crippen LogP contribution in [0.5, 0.6) is 0 Å². The Morgan fingerprint density at radius 1 is 1.32 bits per heavy atom. The number of rotatable bonds is 5. The van der Waals surface area contributed by atoms with Crippen molar-refractivity contribution in [3.8, 4) is 0 Å². The smallest absolute Gasteiger partial charge is 0.326 e. The average molecular weight is 263 g/mol. The number of hydrogen-bond acceptors (Lipinski definition) is 3. The van der Waals surface area contributed by atoms with E-state index >= 15 is 0 Å². The second kappa shape index (κ2) is 5.33. The number of hydrogen-bond donors (Lipinski definition) is 2. The molecule has 1 atom stereocenters. The van der Waals surface area contributed by atoms with E-state index in [1.807, 2.05) is 4.57 Å². The fourth-order valence-corrected chi connectivity index (χ4v) is 2.98. The molecule has 2 saturated carbocycles. The van der Waals surface area contributed by atoms with Crippen molar-refractivity contribution in [2.24, 2.45) is 0 Å². The summed E-state index contributed by atoms with van der Waals surface area (Å²) in [5, 5.41) is 12.8. The van der Waals surface area contributed by atoms with Crippen molar-refractivity contribution in [1.29, 1.82) is 0 Å². The molecule has 1 unspecified atom stereocenters. The number of carboxylic acids is 1. The standard InChI is InChI=1S/C14H21N3O2/c18-14(19)13(16-10-4-2-1-3-5-10)12-8-15-9-17(12)11-6-7-11/h8-11,13,16H,1-7H2,(H,18,19). The van der Waals surface area contributed by atoms with Crippen LogP contribution in [0.3, 0.4) is 0 Å². The number of aliphatic carboxylic acids is 1. The van der Waals surface area contributed by atoms with Crippen LogP contribution < -0.4 is 5.32 Å². The van der Waals surface area contributed by atoms with E-state index in [4.69, 9.17) is 0 Å². The first kappa shape index (κ1) is 12.7. The Balaban J connectivity index is 1.75. The average Bonchev–Trinajstić information content (AvgIpc) is 3.15.